The number of carboxylic acids is 1. The van der Waals surface area contributed by atoms with Crippen molar-refractivity contribution in [1.82, 2.24) is 0 Å². The number of halogens is 1. The average molecular weight is 302 g/mol. The number of nitrogens with zero attached hydrogens (tertiary/aromatic N) is 1. The SMILES string of the molecule is O=C(O)c1cc(CN2CCCc3ccccc32)ccc1Cl. The van der Waals surface area contributed by atoms with Gasteiger partial charge in [0.05, 0.1) is 10.6 Å². The average Bonchev–Trinajstić information content (AvgIpc) is 2.49. The topological polar surface area (TPSA) is 40.5 Å². The van der Waals surface area contributed by atoms with E-state index in [0.717, 1.165) is 24.9 Å². The van der Waals surface area contributed by atoms with E-state index in [4.69, 9.17) is 16.7 Å². The van der Waals surface area contributed by atoms with Crippen LogP contribution in [0.15, 0.2) is 42.5 Å². The lowest BCUT2D eigenvalue weighted by molar-refractivity contribution is 0.0697. The summed E-state index contributed by atoms with van der Waals surface area (Å²) in [6.45, 7) is 1.69. The Morgan fingerprint density at radius 2 is 2.05 bits per heavy atom. The minimum Gasteiger partial charge on any atom is -0.478 e. The third-order valence-electron chi connectivity index (χ3n) is 3.84. The van der Waals surface area contributed by atoms with E-state index < -0.39 is 5.97 Å². The second kappa shape index (κ2) is 5.78. The third kappa shape index (κ3) is 2.88. The predicted octanol–water partition coefficient (Wildman–Crippen LogP) is 3.99. The molecule has 108 valence electrons. The van der Waals surface area contributed by atoms with Gasteiger partial charge in [-0.2, -0.15) is 0 Å². The van der Waals surface area contributed by atoms with E-state index in [0.29, 0.717) is 6.54 Å². The van der Waals surface area contributed by atoms with Crippen molar-refractivity contribution < 1.29 is 9.90 Å². The Balaban J connectivity index is 1.88. The maximum atomic E-state index is 11.2. The molecule has 0 atom stereocenters. The molecule has 0 saturated heterocycles. The lowest BCUT2D eigenvalue weighted by Crippen LogP contribution is -2.28. The van der Waals surface area contributed by atoms with Gasteiger partial charge in [0, 0.05) is 18.8 Å². The van der Waals surface area contributed by atoms with Gasteiger partial charge in [0.15, 0.2) is 0 Å². The van der Waals surface area contributed by atoms with E-state index in [2.05, 4.69) is 23.1 Å². The van der Waals surface area contributed by atoms with Crippen LogP contribution < -0.4 is 4.90 Å². The molecular weight excluding hydrogens is 286 g/mol. The van der Waals surface area contributed by atoms with Crippen LogP contribution in [0.3, 0.4) is 0 Å². The molecule has 4 heteroatoms. The largest absolute Gasteiger partial charge is 0.478 e. The molecule has 0 aromatic heterocycles. The molecule has 0 aliphatic carbocycles. The summed E-state index contributed by atoms with van der Waals surface area (Å²) in [6, 6.07) is 13.6. The minimum absolute atomic E-state index is 0.166. The molecule has 0 unspecified atom stereocenters. The van der Waals surface area contributed by atoms with Gasteiger partial charge >= 0.3 is 5.97 Å². The van der Waals surface area contributed by atoms with Crippen LogP contribution in [0.2, 0.25) is 5.02 Å². The van der Waals surface area contributed by atoms with Gasteiger partial charge in [-0.05, 0) is 42.2 Å². The first-order valence-corrected chi connectivity index (χ1v) is 7.37. The number of fused-ring (bicyclic) bond motifs is 1. The number of anilines is 1. The summed E-state index contributed by atoms with van der Waals surface area (Å²) in [4.78, 5) is 13.5. The Labute approximate surface area is 128 Å². The molecule has 0 amide bonds. The normalized spacial score (nSPS) is 13.9. The molecule has 2 aromatic rings. The second-order valence-corrected chi connectivity index (χ2v) is 5.68. The molecule has 0 saturated carbocycles. The highest BCUT2D eigenvalue weighted by Crippen LogP contribution is 2.28. The molecule has 21 heavy (non-hydrogen) atoms. The lowest BCUT2D eigenvalue weighted by atomic mass is 10.0. The van der Waals surface area contributed by atoms with Crippen LogP contribution in [0.25, 0.3) is 0 Å². The van der Waals surface area contributed by atoms with Crippen LogP contribution in [-0.2, 0) is 13.0 Å². The van der Waals surface area contributed by atoms with Crippen molar-refractivity contribution in [2.75, 3.05) is 11.4 Å². The van der Waals surface area contributed by atoms with Crippen LogP contribution in [0, 0.1) is 0 Å². The fourth-order valence-corrected chi connectivity index (χ4v) is 3.03. The molecule has 1 N–H and O–H groups in total. The first kappa shape index (κ1) is 14.0. The molecule has 0 fully saturated rings. The smallest absolute Gasteiger partial charge is 0.337 e. The Morgan fingerprint density at radius 3 is 2.86 bits per heavy atom. The first-order chi connectivity index (χ1) is 10.1. The molecule has 0 bridgehead atoms. The summed E-state index contributed by atoms with van der Waals surface area (Å²) in [5, 5.41) is 9.44. The zero-order chi connectivity index (χ0) is 14.8. The van der Waals surface area contributed by atoms with Gasteiger partial charge < -0.3 is 10.0 Å². The van der Waals surface area contributed by atoms with E-state index >= 15 is 0 Å². The Kier molecular flexibility index (Phi) is 3.84. The minimum atomic E-state index is -0.985. The predicted molar refractivity (Wildman–Crippen MR) is 84.2 cm³/mol. The van der Waals surface area contributed by atoms with Gasteiger partial charge in [-0.3, -0.25) is 0 Å². The molecule has 1 aliphatic heterocycles. The summed E-state index contributed by atoms with van der Waals surface area (Å²) < 4.78 is 0. The number of benzene rings is 2. The van der Waals surface area contributed by atoms with Gasteiger partial charge in [-0.15, -0.1) is 0 Å². The lowest BCUT2D eigenvalue weighted by Gasteiger charge is -2.31. The van der Waals surface area contributed by atoms with Crippen molar-refractivity contribution >= 4 is 23.3 Å². The highest BCUT2D eigenvalue weighted by molar-refractivity contribution is 6.33. The van der Waals surface area contributed by atoms with Crippen molar-refractivity contribution in [2.24, 2.45) is 0 Å². The standard InChI is InChI=1S/C17H16ClNO2/c18-15-8-7-12(10-14(15)17(20)21)11-19-9-3-5-13-4-1-2-6-16(13)19/h1-2,4,6-8,10H,3,5,9,11H2,(H,20,21). The first-order valence-electron chi connectivity index (χ1n) is 7.00. The van der Waals surface area contributed by atoms with Crippen LogP contribution in [0.5, 0.6) is 0 Å². The van der Waals surface area contributed by atoms with Crippen molar-refractivity contribution in [3.63, 3.8) is 0 Å². The molecular formula is C17H16ClNO2. The molecule has 0 spiro atoms. The quantitative estimate of drug-likeness (QED) is 0.932. The van der Waals surface area contributed by atoms with Gasteiger partial charge in [-0.25, -0.2) is 4.79 Å². The molecule has 0 radical (unpaired) electrons. The van der Waals surface area contributed by atoms with Crippen LogP contribution in [0.4, 0.5) is 5.69 Å². The van der Waals surface area contributed by atoms with E-state index in [-0.39, 0.29) is 10.6 Å². The summed E-state index contributed by atoms with van der Waals surface area (Å²) in [5.41, 5.74) is 3.74. The zero-order valence-corrected chi connectivity index (χ0v) is 12.3. The number of carboxylic acid groups (broad SMARTS) is 1. The van der Waals surface area contributed by atoms with Gasteiger partial charge in [0.25, 0.3) is 0 Å². The Hall–Kier alpha value is -2.00. The fraction of sp³-hybridized carbons (Fsp3) is 0.235. The number of aromatic carboxylic acids is 1. The number of hydrogen-bond acceptors (Lipinski definition) is 2. The molecule has 1 heterocycles. The highest BCUT2D eigenvalue weighted by Gasteiger charge is 2.17. The van der Waals surface area contributed by atoms with Crippen molar-refractivity contribution in [3.05, 3.63) is 64.2 Å². The van der Waals surface area contributed by atoms with E-state index in [9.17, 15) is 4.79 Å². The summed E-state index contributed by atoms with van der Waals surface area (Å²) in [5.74, 6) is -0.985. The van der Waals surface area contributed by atoms with Crippen molar-refractivity contribution in [1.29, 1.82) is 0 Å². The highest BCUT2D eigenvalue weighted by atomic mass is 35.5. The monoisotopic (exact) mass is 301 g/mol. The van der Waals surface area contributed by atoms with Crippen LogP contribution >= 0.6 is 11.6 Å². The third-order valence-corrected chi connectivity index (χ3v) is 4.17. The maximum absolute atomic E-state index is 11.2. The van der Waals surface area contributed by atoms with E-state index in [1.165, 1.54) is 11.3 Å². The van der Waals surface area contributed by atoms with Gasteiger partial charge in [-0.1, -0.05) is 35.9 Å². The maximum Gasteiger partial charge on any atom is 0.337 e. The van der Waals surface area contributed by atoms with E-state index in [1.54, 1.807) is 12.1 Å². The summed E-state index contributed by atoms with van der Waals surface area (Å²) >= 11 is 5.92. The molecule has 3 nitrogen and oxygen atoms in total. The number of carbonyl (C=O) groups is 1. The van der Waals surface area contributed by atoms with Crippen molar-refractivity contribution in [2.45, 2.75) is 19.4 Å². The Morgan fingerprint density at radius 1 is 1.24 bits per heavy atom. The Bertz CT molecular complexity index is 684. The van der Waals surface area contributed by atoms with Gasteiger partial charge in [0.2, 0.25) is 0 Å². The second-order valence-electron chi connectivity index (χ2n) is 5.27. The summed E-state index contributed by atoms with van der Waals surface area (Å²) in [7, 11) is 0. The van der Waals surface area contributed by atoms with Crippen LogP contribution in [0.1, 0.15) is 27.9 Å². The number of rotatable bonds is 3. The molecule has 1 aliphatic rings. The van der Waals surface area contributed by atoms with Gasteiger partial charge in [0.1, 0.15) is 0 Å². The summed E-state index contributed by atoms with van der Waals surface area (Å²) in [6.07, 6.45) is 2.23. The molecule has 2 aromatic carbocycles. The number of aryl methyl sites for hydroxylation is 1. The number of para-hydroxylation sites is 1. The molecule has 3 rings (SSSR count). The van der Waals surface area contributed by atoms with E-state index in [1.807, 2.05) is 12.1 Å². The number of hydrogen-bond donors (Lipinski definition) is 1. The van der Waals surface area contributed by atoms with Crippen LogP contribution in [-0.4, -0.2) is 17.6 Å². The fourth-order valence-electron chi connectivity index (χ4n) is 2.83. The van der Waals surface area contributed by atoms with Crippen molar-refractivity contribution in [3.8, 4) is 0 Å². The zero-order valence-electron chi connectivity index (χ0n) is 11.6.